The van der Waals surface area contributed by atoms with Crippen LogP contribution in [0.2, 0.25) is 0 Å². The van der Waals surface area contributed by atoms with E-state index in [0.29, 0.717) is 35.4 Å². The highest BCUT2D eigenvalue weighted by molar-refractivity contribution is 8.00. The molecule has 3 aromatic rings. The van der Waals surface area contributed by atoms with Crippen molar-refractivity contribution in [2.24, 2.45) is 0 Å². The zero-order chi connectivity index (χ0) is 22.5. The largest absolute Gasteiger partial charge is 0.493 e. The van der Waals surface area contributed by atoms with Gasteiger partial charge in [-0.25, -0.2) is 0 Å². The van der Waals surface area contributed by atoms with E-state index in [4.69, 9.17) is 14.2 Å². The SMILES string of the molecule is COc1ccc(C(=O)C(C)Sc2nnc(N3CCOCC3)n2-c2ccccc2)cc1OC. The predicted molar refractivity (Wildman–Crippen MR) is 124 cm³/mol. The second-order valence-corrected chi connectivity index (χ2v) is 8.56. The predicted octanol–water partition coefficient (Wildman–Crippen LogP) is 3.48. The number of ether oxygens (including phenoxy) is 3. The number of nitrogens with zero attached hydrogens (tertiary/aromatic N) is 4. The van der Waals surface area contributed by atoms with Crippen molar-refractivity contribution in [2.45, 2.75) is 17.3 Å². The van der Waals surface area contributed by atoms with Crippen LogP contribution in [0.5, 0.6) is 11.5 Å². The highest BCUT2D eigenvalue weighted by Crippen LogP contribution is 2.33. The second-order valence-electron chi connectivity index (χ2n) is 7.25. The maximum absolute atomic E-state index is 13.2. The molecular weight excluding hydrogens is 428 g/mol. The average molecular weight is 455 g/mol. The lowest BCUT2D eigenvalue weighted by Gasteiger charge is -2.28. The van der Waals surface area contributed by atoms with Crippen LogP contribution < -0.4 is 14.4 Å². The Morgan fingerprint density at radius 1 is 1.03 bits per heavy atom. The number of anilines is 1. The Balaban J connectivity index is 1.62. The van der Waals surface area contributed by atoms with Gasteiger partial charge in [-0.05, 0) is 37.3 Å². The summed E-state index contributed by atoms with van der Waals surface area (Å²) >= 11 is 1.39. The summed E-state index contributed by atoms with van der Waals surface area (Å²) in [6, 6.07) is 15.2. The monoisotopic (exact) mass is 454 g/mol. The first-order valence-corrected chi connectivity index (χ1v) is 11.3. The van der Waals surface area contributed by atoms with E-state index in [1.165, 1.54) is 11.8 Å². The summed E-state index contributed by atoms with van der Waals surface area (Å²) in [5, 5.41) is 9.20. The fourth-order valence-electron chi connectivity index (χ4n) is 3.55. The number of morpholine rings is 1. The van der Waals surface area contributed by atoms with Crippen molar-refractivity contribution in [1.29, 1.82) is 0 Å². The summed E-state index contributed by atoms with van der Waals surface area (Å²) in [5.74, 6) is 1.85. The summed E-state index contributed by atoms with van der Waals surface area (Å²) < 4.78 is 18.1. The molecular formula is C23H26N4O4S. The molecule has 0 saturated carbocycles. The second kappa shape index (κ2) is 10.1. The molecule has 4 rings (SSSR count). The standard InChI is InChI=1S/C23H26N4O4S/c1-16(21(28)17-9-10-19(29-2)20(15-17)30-3)32-23-25-24-22(26-11-13-31-14-12-26)27(23)18-7-5-4-6-8-18/h4-10,15-16H,11-14H2,1-3H3. The first-order valence-electron chi connectivity index (χ1n) is 10.4. The molecule has 1 aliphatic rings. The van der Waals surface area contributed by atoms with Crippen molar-refractivity contribution in [1.82, 2.24) is 14.8 Å². The van der Waals surface area contributed by atoms with Crippen molar-refractivity contribution in [2.75, 3.05) is 45.4 Å². The van der Waals surface area contributed by atoms with Gasteiger partial charge in [-0.15, -0.1) is 10.2 Å². The number of rotatable bonds is 8. The van der Waals surface area contributed by atoms with Crippen molar-refractivity contribution in [3.05, 3.63) is 54.1 Å². The molecule has 1 atom stereocenters. The van der Waals surface area contributed by atoms with Gasteiger partial charge in [-0.2, -0.15) is 0 Å². The van der Waals surface area contributed by atoms with Crippen LogP contribution in [0.1, 0.15) is 17.3 Å². The molecule has 32 heavy (non-hydrogen) atoms. The molecule has 1 unspecified atom stereocenters. The Kier molecular flexibility index (Phi) is 6.96. The number of hydrogen-bond acceptors (Lipinski definition) is 8. The van der Waals surface area contributed by atoms with Gasteiger partial charge in [0.2, 0.25) is 5.95 Å². The normalized spacial score (nSPS) is 14.8. The summed E-state index contributed by atoms with van der Waals surface area (Å²) in [4.78, 5) is 15.3. The van der Waals surface area contributed by atoms with Gasteiger partial charge in [0.1, 0.15) is 0 Å². The third-order valence-electron chi connectivity index (χ3n) is 5.24. The number of ketones is 1. The summed E-state index contributed by atoms with van der Waals surface area (Å²) in [6.45, 7) is 4.67. The minimum Gasteiger partial charge on any atom is -0.493 e. The number of carbonyl (C=O) groups excluding carboxylic acids is 1. The van der Waals surface area contributed by atoms with Crippen LogP contribution in [0.3, 0.4) is 0 Å². The first kappa shape index (κ1) is 22.2. The van der Waals surface area contributed by atoms with Gasteiger partial charge in [0.25, 0.3) is 0 Å². The van der Waals surface area contributed by atoms with Crippen LogP contribution in [-0.2, 0) is 4.74 Å². The van der Waals surface area contributed by atoms with Crippen LogP contribution in [0.25, 0.3) is 5.69 Å². The van der Waals surface area contributed by atoms with Crippen molar-refractivity contribution in [3.63, 3.8) is 0 Å². The third kappa shape index (κ3) is 4.58. The van der Waals surface area contributed by atoms with Crippen LogP contribution in [-0.4, -0.2) is 66.3 Å². The summed E-state index contributed by atoms with van der Waals surface area (Å²) in [6.07, 6.45) is 0. The Bertz CT molecular complexity index is 1070. The van der Waals surface area contributed by atoms with E-state index >= 15 is 0 Å². The zero-order valence-corrected chi connectivity index (χ0v) is 19.2. The van der Waals surface area contributed by atoms with Gasteiger partial charge < -0.3 is 19.1 Å². The van der Waals surface area contributed by atoms with Crippen LogP contribution in [0.15, 0.2) is 53.7 Å². The molecule has 2 heterocycles. The van der Waals surface area contributed by atoms with Crippen LogP contribution in [0.4, 0.5) is 5.95 Å². The molecule has 1 aliphatic heterocycles. The number of Topliss-reactive ketones (excluding diaryl/α,β-unsaturated/α-hetero) is 1. The number of methoxy groups -OCH3 is 2. The van der Waals surface area contributed by atoms with Gasteiger partial charge in [0.05, 0.1) is 38.4 Å². The Morgan fingerprint density at radius 2 is 1.75 bits per heavy atom. The number of carbonyl (C=O) groups is 1. The lowest BCUT2D eigenvalue weighted by Crippen LogP contribution is -2.37. The van der Waals surface area contributed by atoms with Gasteiger partial charge in [0, 0.05) is 18.7 Å². The van der Waals surface area contributed by atoms with Gasteiger partial charge in [-0.1, -0.05) is 30.0 Å². The minimum absolute atomic E-state index is 0.0218. The van der Waals surface area contributed by atoms with Crippen LogP contribution >= 0.6 is 11.8 Å². The van der Waals surface area contributed by atoms with E-state index < -0.39 is 0 Å². The van der Waals surface area contributed by atoms with E-state index in [2.05, 4.69) is 15.1 Å². The summed E-state index contributed by atoms with van der Waals surface area (Å²) in [5.41, 5.74) is 1.51. The highest BCUT2D eigenvalue weighted by atomic mass is 32.2. The molecule has 0 bridgehead atoms. The van der Waals surface area contributed by atoms with Crippen molar-refractivity contribution >= 4 is 23.5 Å². The molecule has 1 aromatic heterocycles. The quantitative estimate of drug-likeness (QED) is 0.378. The van der Waals surface area contributed by atoms with Crippen molar-refractivity contribution < 1.29 is 19.0 Å². The molecule has 168 valence electrons. The molecule has 1 saturated heterocycles. The number of thioether (sulfide) groups is 1. The fraction of sp³-hybridized carbons (Fsp3) is 0.348. The van der Waals surface area contributed by atoms with Gasteiger partial charge in [-0.3, -0.25) is 9.36 Å². The topological polar surface area (TPSA) is 78.7 Å². The maximum atomic E-state index is 13.2. The highest BCUT2D eigenvalue weighted by Gasteiger charge is 2.25. The molecule has 9 heteroatoms. The lowest BCUT2D eigenvalue weighted by atomic mass is 10.1. The lowest BCUT2D eigenvalue weighted by molar-refractivity contribution is 0.0993. The van der Waals surface area contributed by atoms with E-state index in [-0.39, 0.29) is 11.0 Å². The number of para-hydroxylation sites is 1. The molecule has 2 aromatic carbocycles. The van der Waals surface area contributed by atoms with Gasteiger partial charge in [0.15, 0.2) is 22.4 Å². The summed E-state index contributed by atoms with van der Waals surface area (Å²) in [7, 11) is 3.13. The smallest absolute Gasteiger partial charge is 0.232 e. The average Bonchev–Trinajstić information content (AvgIpc) is 3.27. The minimum atomic E-state index is -0.377. The molecule has 0 amide bonds. The Labute approximate surface area is 191 Å². The number of benzene rings is 2. The Morgan fingerprint density at radius 3 is 2.44 bits per heavy atom. The maximum Gasteiger partial charge on any atom is 0.232 e. The molecule has 0 spiro atoms. The fourth-order valence-corrected chi connectivity index (χ4v) is 4.49. The van der Waals surface area contributed by atoms with E-state index in [9.17, 15) is 4.79 Å². The Hall–Kier alpha value is -3.04. The number of hydrogen-bond donors (Lipinski definition) is 0. The molecule has 8 nitrogen and oxygen atoms in total. The molecule has 0 radical (unpaired) electrons. The number of aromatic nitrogens is 3. The molecule has 0 N–H and O–H groups in total. The van der Waals surface area contributed by atoms with Crippen LogP contribution in [0, 0.1) is 0 Å². The molecule has 1 fully saturated rings. The first-order chi connectivity index (χ1) is 15.6. The third-order valence-corrected chi connectivity index (χ3v) is 6.29. The molecule has 0 aliphatic carbocycles. The van der Waals surface area contributed by atoms with Gasteiger partial charge >= 0.3 is 0 Å². The van der Waals surface area contributed by atoms with E-state index in [1.54, 1.807) is 32.4 Å². The zero-order valence-electron chi connectivity index (χ0n) is 18.4. The van der Waals surface area contributed by atoms with E-state index in [0.717, 1.165) is 24.7 Å². The van der Waals surface area contributed by atoms with E-state index in [1.807, 2.05) is 41.8 Å². The van der Waals surface area contributed by atoms with Crippen molar-refractivity contribution in [3.8, 4) is 17.2 Å².